The highest BCUT2D eigenvalue weighted by Crippen LogP contribution is 2.53. The fourth-order valence-electron chi connectivity index (χ4n) is 3.62. The predicted octanol–water partition coefficient (Wildman–Crippen LogP) is 1.33. The van der Waals surface area contributed by atoms with Crippen molar-refractivity contribution in [1.82, 2.24) is 9.96 Å². The first-order valence-corrected chi connectivity index (χ1v) is 7.16. The number of nitrogens with zero attached hydrogens (tertiary/aromatic N) is 2. The molecule has 1 saturated carbocycles. The molecular weight excluding hydrogens is 272 g/mol. The van der Waals surface area contributed by atoms with Crippen LogP contribution in [0, 0.1) is 11.8 Å². The summed E-state index contributed by atoms with van der Waals surface area (Å²) in [6, 6.07) is 8.66. The molecule has 0 unspecified atom stereocenters. The Hall–Kier alpha value is -2.08. The van der Waals surface area contributed by atoms with Gasteiger partial charge in [0.05, 0.1) is 6.04 Å². The van der Waals surface area contributed by atoms with Gasteiger partial charge in [0.1, 0.15) is 12.6 Å². The average molecular weight is 288 g/mol. The van der Waals surface area contributed by atoms with Crippen molar-refractivity contribution in [3.8, 4) is 0 Å². The highest BCUT2D eigenvalue weighted by molar-refractivity contribution is 5.85. The number of piperidine rings is 1. The van der Waals surface area contributed by atoms with Crippen molar-refractivity contribution in [2.45, 2.75) is 25.1 Å². The number of hydrogen-bond donors (Lipinski definition) is 1. The molecule has 0 radical (unpaired) electrons. The number of carbonyl (C=O) groups excluding carboxylic acids is 1. The normalized spacial score (nSPS) is 33.0. The second kappa shape index (κ2) is 4.46. The fraction of sp³-hybridized carbons (Fsp3) is 0.467. The number of carboxylic acid groups (broad SMARTS) is 1. The van der Waals surface area contributed by atoms with E-state index in [0.717, 1.165) is 12.0 Å². The Bertz CT molecular complexity index is 591. The Balaban J connectivity index is 1.50. The van der Waals surface area contributed by atoms with Crippen LogP contribution in [0.25, 0.3) is 0 Å². The zero-order chi connectivity index (χ0) is 14.6. The topological polar surface area (TPSA) is 70.1 Å². The Morgan fingerprint density at radius 3 is 2.76 bits per heavy atom. The number of aliphatic carboxylic acids is 1. The Labute approximate surface area is 121 Å². The molecule has 2 heterocycles. The van der Waals surface area contributed by atoms with E-state index < -0.39 is 12.0 Å². The summed E-state index contributed by atoms with van der Waals surface area (Å²) in [5.74, 6) is -0.542. The van der Waals surface area contributed by atoms with Crippen LogP contribution in [-0.2, 0) is 16.2 Å². The molecule has 1 aliphatic carbocycles. The lowest BCUT2D eigenvalue weighted by Gasteiger charge is -2.26. The third-order valence-electron chi connectivity index (χ3n) is 4.71. The van der Waals surface area contributed by atoms with Crippen LogP contribution in [-0.4, -0.2) is 45.7 Å². The first kappa shape index (κ1) is 12.6. The highest BCUT2D eigenvalue weighted by Gasteiger charge is 2.64. The Morgan fingerprint density at radius 1 is 1.29 bits per heavy atom. The predicted molar refractivity (Wildman–Crippen MR) is 72.0 cm³/mol. The van der Waals surface area contributed by atoms with E-state index in [-0.39, 0.29) is 23.9 Å². The van der Waals surface area contributed by atoms with Gasteiger partial charge < -0.3 is 10.0 Å². The van der Waals surface area contributed by atoms with E-state index in [1.807, 2.05) is 30.3 Å². The van der Waals surface area contributed by atoms with Crippen molar-refractivity contribution in [1.29, 1.82) is 0 Å². The van der Waals surface area contributed by atoms with E-state index in [0.29, 0.717) is 13.2 Å². The van der Waals surface area contributed by atoms with E-state index in [1.165, 1.54) is 9.96 Å². The zero-order valence-corrected chi connectivity index (χ0v) is 11.4. The van der Waals surface area contributed by atoms with Crippen molar-refractivity contribution in [3.05, 3.63) is 35.9 Å². The molecule has 4 rings (SSSR count). The fourth-order valence-corrected chi connectivity index (χ4v) is 3.62. The van der Waals surface area contributed by atoms with Crippen LogP contribution in [0.1, 0.15) is 12.0 Å². The third-order valence-corrected chi connectivity index (χ3v) is 4.71. The van der Waals surface area contributed by atoms with Gasteiger partial charge in [-0.2, -0.15) is 5.06 Å². The molecule has 2 bridgehead atoms. The van der Waals surface area contributed by atoms with Crippen molar-refractivity contribution < 1.29 is 19.5 Å². The maximum atomic E-state index is 12.4. The molecule has 0 aromatic heterocycles. The third kappa shape index (κ3) is 1.90. The molecule has 110 valence electrons. The van der Waals surface area contributed by atoms with Gasteiger partial charge in [-0.05, 0) is 23.8 Å². The number of rotatable bonds is 4. The van der Waals surface area contributed by atoms with E-state index in [1.54, 1.807) is 0 Å². The second-order valence-corrected chi connectivity index (χ2v) is 5.93. The number of urea groups is 1. The van der Waals surface area contributed by atoms with Gasteiger partial charge >= 0.3 is 12.0 Å². The molecule has 3 fully saturated rings. The molecule has 1 aromatic carbocycles. The van der Waals surface area contributed by atoms with Gasteiger partial charge in [-0.1, -0.05) is 30.3 Å². The number of benzene rings is 1. The van der Waals surface area contributed by atoms with Gasteiger partial charge in [0.15, 0.2) is 0 Å². The summed E-state index contributed by atoms with van der Waals surface area (Å²) in [4.78, 5) is 30.9. The first-order valence-electron chi connectivity index (χ1n) is 7.16. The van der Waals surface area contributed by atoms with E-state index in [9.17, 15) is 14.7 Å². The maximum Gasteiger partial charge on any atom is 0.345 e. The van der Waals surface area contributed by atoms with Crippen LogP contribution in [0.3, 0.4) is 0 Å². The highest BCUT2D eigenvalue weighted by atomic mass is 16.7. The number of hydrogen-bond acceptors (Lipinski definition) is 3. The minimum absolute atomic E-state index is 0.00168. The molecule has 6 nitrogen and oxygen atoms in total. The monoisotopic (exact) mass is 288 g/mol. The summed E-state index contributed by atoms with van der Waals surface area (Å²) in [6.07, 6.45) is 0.872. The van der Waals surface area contributed by atoms with Crippen LogP contribution in [0.4, 0.5) is 4.79 Å². The van der Waals surface area contributed by atoms with Gasteiger partial charge in [-0.3, -0.25) is 4.84 Å². The lowest BCUT2D eigenvalue weighted by Crippen LogP contribution is -2.46. The molecule has 2 aliphatic heterocycles. The van der Waals surface area contributed by atoms with Crippen molar-refractivity contribution >= 4 is 12.0 Å². The molecule has 21 heavy (non-hydrogen) atoms. The van der Waals surface area contributed by atoms with Gasteiger partial charge in [0.2, 0.25) is 0 Å². The molecular formula is C15H16N2O4. The van der Waals surface area contributed by atoms with Gasteiger partial charge in [-0.25, -0.2) is 9.59 Å². The quantitative estimate of drug-likeness (QED) is 0.907. The van der Waals surface area contributed by atoms with Crippen LogP contribution in [0.15, 0.2) is 30.3 Å². The van der Waals surface area contributed by atoms with Crippen LogP contribution in [0.5, 0.6) is 0 Å². The second-order valence-electron chi connectivity index (χ2n) is 5.93. The number of amides is 2. The summed E-state index contributed by atoms with van der Waals surface area (Å²) >= 11 is 0. The Kier molecular flexibility index (Phi) is 2.68. The summed E-state index contributed by atoms with van der Waals surface area (Å²) in [7, 11) is 0. The van der Waals surface area contributed by atoms with Crippen LogP contribution >= 0.6 is 0 Å². The molecule has 4 atom stereocenters. The maximum absolute atomic E-state index is 12.4. The minimum Gasteiger partial charge on any atom is -0.480 e. The van der Waals surface area contributed by atoms with E-state index >= 15 is 0 Å². The van der Waals surface area contributed by atoms with Crippen molar-refractivity contribution in [3.63, 3.8) is 0 Å². The standard InChI is InChI=1S/C15H16N2O4/c18-14(19)13-11-6-10(11)12-7-16(13)15(20)17(12)21-8-9-4-2-1-3-5-9/h1-5,10-13H,6-8H2,(H,18,19)/t10-,11+,12-,13-/m0/s1. The number of carboxylic acids is 1. The van der Waals surface area contributed by atoms with Crippen LogP contribution < -0.4 is 0 Å². The smallest absolute Gasteiger partial charge is 0.345 e. The lowest BCUT2D eigenvalue weighted by molar-refractivity contribution is -0.144. The molecule has 0 spiro atoms. The van der Waals surface area contributed by atoms with E-state index in [4.69, 9.17) is 4.84 Å². The first-order chi connectivity index (χ1) is 10.2. The minimum atomic E-state index is -0.904. The summed E-state index contributed by atoms with van der Waals surface area (Å²) < 4.78 is 0. The number of fused-ring (bicyclic) bond motifs is 4. The molecule has 2 amide bonds. The molecule has 3 aliphatic rings. The number of hydroxylamine groups is 2. The number of carbonyl (C=O) groups is 2. The average Bonchev–Trinajstić information content (AvgIpc) is 3.22. The Morgan fingerprint density at radius 2 is 2.05 bits per heavy atom. The molecule has 1 aromatic rings. The SMILES string of the molecule is O=C(O)[C@@H]1[C@@H]2C[C@@H]2[C@@H]2CN1C(=O)N2OCc1ccccc1. The van der Waals surface area contributed by atoms with Crippen molar-refractivity contribution in [2.24, 2.45) is 11.8 Å². The lowest BCUT2D eigenvalue weighted by atomic mass is 10.0. The van der Waals surface area contributed by atoms with Gasteiger partial charge in [0.25, 0.3) is 0 Å². The molecule has 6 heteroatoms. The summed E-state index contributed by atoms with van der Waals surface area (Å²) in [6.45, 7) is 0.789. The summed E-state index contributed by atoms with van der Waals surface area (Å²) in [5.41, 5.74) is 0.990. The van der Waals surface area contributed by atoms with Crippen molar-refractivity contribution in [2.75, 3.05) is 6.54 Å². The largest absolute Gasteiger partial charge is 0.480 e. The molecule has 1 N–H and O–H groups in total. The van der Waals surface area contributed by atoms with Crippen LogP contribution in [0.2, 0.25) is 0 Å². The van der Waals surface area contributed by atoms with Gasteiger partial charge in [-0.15, -0.1) is 0 Å². The summed E-state index contributed by atoms with van der Waals surface area (Å²) in [5, 5.41) is 10.7. The van der Waals surface area contributed by atoms with Gasteiger partial charge in [0, 0.05) is 6.54 Å². The molecule has 2 saturated heterocycles. The van der Waals surface area contributed by atoms with E-state index in [2.05, 4.69) is 0 Å². The zero-order valence-electron chi connectivity index (χ0n) is 11.4.